The van der Waals surface area contributed by atoms with Crippen LogP contribution in [0.2, 0.25) is 0 Å². The first-order valence-corrected chi connectivity index (χ1v) is 6.50. The molecule has 0 aromatic carbocycles. The van der Waals surface area contributed by atoms with Crippen LogP contribution in [-0.4, -0.2) is 14.7 Å². The summed E-state index contributed by atoms with van der Waals surface area (Å²) in [6, 6.07) is 0. The number of nitrogens with one attached hydrogen (secondary N) is 1. The summed E-state index contributed by atoms with van der Waals surface area (Å²) in [4.78, 5) is 23.5. The Labute approximate surface area is 106 Å². The van der Waals surface area contributed by atoms with Crippen LogP contribution >= 0.6 is 0 Å². The fraction of sp³-hybridized carbons (Fsp3) is 0.692. The second kappa shape index (κ2) is 4.72. The van der Waals surface area contributed by atoms with Crippen LogP contribution in [0.25, 0.3) is 0 Å². The van der Waals surface area contributed by atoms with Crippen molar-refractivity contribution in [3.05, 3.63) is 32.6 Å². The van der Waals surface area contributed by atoms with Gasteiger partial charge in [0, 0.05) is 37.9 Å². The van der Waals surface area contributed by atoms with Crippen molar-refractivity contribution in [2.45, 2.75) is 44.7 Å². The molecule has 1 fully saturated rings. The molecule has 1 N–H and O–H groups in total. The predicted octanol–water partition coefficient (Wildman–Crippen LogP) is 0.506. The lowest BCUT2D eigenvalue weighted by atomic mass is 9.75. The summed E-state index contributed by atoms with van der Waals surface area (Å²) in [6.45, 7) is 2.71. The van der Waals surface area contributed by atoms with Gasteiger partial charge in [-0.1, -0.05) is 6.92 Å². The highest BCUT2D eigenvalue weighted by Crippen LogP contribution is 2.34. The molecule has 1 aliphatic carbocycles. The van der Waals surface area contributed by atoms with Crippen LogP contribution in [0.4, 0.5) is 0 Å². The molecule has 0 radical (unpaired) electrons. The van der Waals surface area contributed by atoms with Crippen LogP contribution in [0.3, 0.4) is 0 Å². The Morgan fingerprint density at radius 3 is 2.50 bits per heavy atom. The average Bonchev–Trinajstić information content (AvgIpc) is 2.32. The maximum absolute atomic E-state index is 12.0. The molecule has 1 heterocycles. The van der Waals surface area contributed by atoms with Crippen molar-refractivity contribution in [2.24, 2.45) is 14.1 Å². The molecule has 5 nitrogen and oxygen atoms in total. The molecule has 100 valence electrons. The molecule has 0 spiro atoms. The smallest absolute Gasteiger partial charge is 0.307 e. The van der Waals surface area contributed by atoms with Gasteiger partial charge in [0.1, 0.15) is 0 Å². The summed E-state index contributed by atoms with van der Waals surface area (Å²) in [5, 5.41) is 3.48. The first-order valence-electron chi connectivity index (χ1n) is 6.50. The Hall–Kier alpha value is -1.36. The molecule has 1 aromatic heterocycles. The number of aromatic nitrogens is 2. The average molecular weight is 251 g/mol. The van der Waals surface area contributed by atoms with Crippen LogP contribution in [-0.2, 0) is 20.6 Å². The molecule has 0 saturated heterocycles. The second-order valence-corrected chi connectivity index (χ2v) is 5.25. The third-order valence-electron chi connectivity index (χ3n) is 4.16. The van der Waals surface area contributed by atoms with Crippen molar-refractivity contribution < 1.29 is 0 Å². The summed E-state index contributed by atoms with van der Waals surface area (Å²) in [6.07, 6.45) is 6.33. The standard InChI is InChI=1S/C13H21N3O2/c1-4-13(6-5-7-13)14-8-10-9-15(2)12(18)16(3)11(10)17/h9,14H,4-8H2,1-3H3. The quantitative estimate of drug-likeness (QED) is 0.848. The van der Waals surface area contributed by atoms with Gasteiger partial charge in [-0.05, 0) is 25.7 Å². The van der Waals surface area contributed by atoms with Gasteiger partial charge in [0.2, 0.25) is 0 Å². The molecular formula is C13H21N3O2. The summed E-state index contributed by atoms with van der Waals surface area (Å²) < 4.78 is 2.62. The molecule has 0 amide bonds. The van der Waals surface area contributed by atoms with Crippen LogP contribution in [0.15, 0.2) is 15.8 Å². The zero-order valence-corrected chi connectivity index (χ0v) is 11.3. The highest BCUT2D eigenvalue weighted by molar-refractivity contribution is 5.07. The lowest BCUT2D eigenvalue weighted by Gasteiger charge is -2.42. The van der Waals surface area contributed by atoms with E-state index in [9.17, 15) is 9.59 Å². The van der Waals surface area contributed by atoms with Crippen molar-refractivity contribution in [3.63, 3.8) is 0 Å². The van der Waals surface area contributed by atoms with Gasteiger partial charge >= 0.3 is 5.69 Å². The van der Waals surface area contributed by atoms with Gasteiger partial charge in [0.05, 0.1) is 0 Å². The summed E-state index contributed by atoms with van der Waals surface area (Å²) in [5.41, 5.74) is 0.382. The molecule has 1 saturated carbocycles. The van der Waals surface area contributed by atoms with Crippen molar-refractivity contribution in [1.82, 2.24) is 14.5 Å². The third-order valence-corrected chi connectivity index (χ3v) is 4.16. The lowest BCUT2D eigenvalue weighted by Crippen LogP contribution is -2.51. The second-order valence-electron chi connectivity index (χ2n) is 5.25. The minimum Gasteiger partial charge on any atom is -0.307 e. The van der Waals surface area contributed by atoms with Crippen LogP contribution < -0.4 is 16.6 Å². The van der Waals surface area contributed by atoms with E-state index in [0.717, 1.165) is 11.0 Å². The van der Waals surface area contributed by atoms with Crippen LogP contribution in [0.1, 0.15) is 38.2 Å². The maximum atomic E-state index is 12.0. The molecule has 2 rings (SSSR count). The summed E-state index contributed by atoms with van der Waals surface area (Å²) >= 11 is 0. The summed E-state index contributed by atoms with van der Waals surface area (Å²) in [7, 11) is 3.19. The topological polar surface area (TPSA) is 56.0 Å². The van der Waals surface area contributed by atoms with Gasteiger partial charge in [-0.15, -0.1) is 0 Å². The van der Waals surface area contributed by atoms with E-state index in [4.69, 9.17) is 0 Å². The van der Waals surface area contributed by atoms with Crippen molar-refractivity contribution in [2.75, 3.05) is 0 Å². The van der Waals surface area contributed by atoms with E-state index in [2.05, 4.69) is 12.2 Å². The van der Waals surface area contributed by atoms with E-state index in [1.54, 1.807) is 13.2 Å². The van der Waals surface area contributed by atoms with Gasteiger partial charge < -0.3 is 9.88 Å². The van der Waals surface area contributed by atoms with Gasteiger partial charge in [0.25, 0.3) is 5.56 Å². The van der Waals surface area contributed by atoms with Gasteiger partial charge in [0.15, 0.2) is 0 Å². The van der Waals surface area contributed by atoms with Crippen molar-refractivity contribution in [3.8, 4) is 0 Å². The molecule has 1 aromatic rings. The zero-order chi connectivity index (χ0) is 13.3. The Bertz CT molecular complexity index is 547. The predicted molar refractivity (Wildman–Crippen MR) is 70.6 cm³/mol. The normalized spacial score (nSPS) is 17.5. The van der Waals surface area contributed by atoms with Crippen molar-refractivity contribution in [1.29, 1.82) is 0 Å². The van der Waals surface area contributed by atoms with Gasteiger partial charge in [-0.25, -0.2) is 4.79 Å². The molecule has 0 bridgehead atoms. The van der Waals surface area contributed by atoms with Crippen LogP contribution in [0, 0.1) is 0 Å². The Kier molecular flexibility index (Phi) is 3.43. The minimum atomic E-state index is -0.280. The van der Waals surface area contributed by atoms with Gasteiger partial charge in [-0.3, -0.25) is 9.36 Å². The number of hydrogen-bond acceptors (Lipinski definition) is 3. The van der Waals surface area contributed by atoms with Gasteiger partial charge in [-0.2, -0.15) is 0 Å². The van der Waals surface area contributed by atoms with E-state index < -0.39 is 0 Å². The first kappa shape index (κ1) is 13.1. The molecule has 18 heavy (non-hydrogen) atoms. The SMILES string of the molecule is CCC1(NCc2cn(C)c(=O)n(C)c2=O)CCC1. The van der Waals surface area contributed by atoms with Crippen molar-refractivity contribution >= 4 is 0 Å². The number of rotatable bonds is 4. The van der Waals surface area contributed by atoms with E-state index in [1.165, 1.54) is 30.9 Å². The molecule has 0 unspecified atom stereocenters. The number of aryl methyl sites for hydroxylation is 1. The van der Waals surface area contributed by atoms with Crippen LogP contribution in [0.5, 0.6) is 0 Å². The lowest BCUT2D eigenvalue weighted by molar-refractivity contribution is 0.175. The fourth-order valence-corrected chi connectivity index (χ4v) is 2.55. The highest BCUT2D eigenvalue weighted by Gasteiger charge is 2.34. The maximum Gasteiger partial charge on any atom is 0.330 e. The Morgan fingerprint density at radius 2 is 2.00 bits per heavy atom. The highest BCUT2D eigenvalue weighted by atomic mass is 16.2. The molecule has 5 heteroatoms. The molecule has 0 aliphatic heterocycles. The number of hydrogen-bond donors (Lipinski definition) is 1. The monoisotopic (exact) mass is 251 g/mol. The van der Waals surface area contributed by atoms with E-state index in [0.29, 0.717) is 12.1 Å². The molecule has 0 atom stereocenters. The largest absolute Gasteiger partial charge is 0.330 e. The number of nitrogens with zero attached hydrogens (tertiary/aromatic N) is 2. The Morgan fingerprint density at radius 1 is 1.33 bits per heavy atom. The zero-order valence-electron chi connectivity index (χ0n) is 11.3. The van der Waals surface area contributed by atoms with E-state index in [-0.39, 0.29) is 16.8 Å². The van der Waals surface area contributed by atoms with E-state index >= 15 is 0 Å². The first-order chi connectivity index (χ1) is 8.49. The Balaban J connectivity index is 2.20. The van der Waals surface area contributed by atoms with E-state index in [1.807, 2.05) is 0 Å². The molecule has 1 aliphatic rings. The molecular weight excluding hydrogens is 230 g/mol. The minimum absolute atomic E-state index is 0.198. The fourth-order valence-electron chi connectivity index (χ4n) is 2.55. The summed E-state index contributed by atoms with van der Waals surface area (Å²) in [5.74, 6) is 0. The third kappa shape index (κ3) is 2.14.